The fourth-order valence-electron chi connectivity index (χ4n) is 1.99. The number of thiocarbonyl (C=S) groups is 2. The van der Waals surface area contributed by atoms with Crippen molar-refractivity contribution >= 4 is 51.8 Å². The number of rotatable bonds is 7. The zero-order chi connectivity index (χ0) is 22.0. The van der Waals surface area contributed by atoms with Gasteiger partial charge in [0.2, 0.25) is 0 Å². The molecule has 0 aliphatic rings. The molecule has 0 saturated heterocycles. The van der Waals surface area contributed by atoms with Gasteiger partial charge in [0, 0.05) is 31.9 Å². The number of hydrazone groups is 2. The standard InChI is InChI=1S/C17H24F3N7S2/c1-5-21-15(28)25-23-11(2)14(12-6-8-13(9-7-12)27(3)4)24-26-16(29)22-10-17(18,19)20/h6-9H,5,10H2,1-4H3,(H2,21,25,28)(H2,22,26,29). The number of benzene rings is 1. The van der Waals surface area contributed by atoms with E-state index in [4.69, 9.17) is 24.4 Å². The fraction of sp³-hybridized carbons (Fsp3) is 0.412. The maximum atomic E-state index is 12.3. The summed E-state index contributed by atoms with van der Waals surface area (Å²) in [5, 5.41) is 13.4. The lowest BCUT2D eigenvalue weighted by molar-refractivity contribution is -0.122. The van der Waals surface area contributed by atoms with Crippen LogP contribution in [-0.2, 0) is 0 Å². The molecule has 29 heavy (non-hydrogen) atoms. The van der Waals surface area contributed by atoms with E-state index in [1.54, 1.807) is 6.92 Å². The third-order valence-corrected chi connectivity index (χ3v) is 3.85. The van der Waals surface area contributed by atoms with E-state index < -0.39 is 12.7 Å². The van der Waals surface area contributed by atoms with E-state index in [2.05, 4.69) is 31.7 Å². The highest BCUT2D eigenvalue weighted by atomic mass is 32.1. The number of hydrogen-bond donors (Lipinski definition) is 4. The van der Waals surface area contributed by atoms with Gasteiger partial charge in [0.05, 0.1) is 5.71 Å². The number of nitrogens with zero attached hydrogens (tertiary/aromatic N) is 3. The molecule has 0 radical (unpaired) electrons. The van der Waals surface area contributed by atoms with E-state index in [1.807, 2.05) is 50.2 Å². The van der Waals surface area contributed by atoms with Gasteiger partial charge < -0.3 is 15.5 Å². The van der Waals surface area contributed by atoms with Crippen molar-refractivity contribution in [3.05, 3.63) is 29.8 Å². The molecule has 0 aromatic heterocycles. The lowest BCUT2D eigenvalue weighted by atomic mass is 10.1. The lowest BCUT2D eigenvalue weighted by Gasteiger charge is -2.14. The van der Waals surface area contributed by atoms with Gasteiger partial charge in [-0.15, -0.1) is 0 Å². The summed E-state index contributed by atoms with van der Waals surface area (Å²) in [6.45, 7) is 2.96. The van der Waals surface area contributed by atoms with Crippen molar-refractivity contribution in [2.24, 2.45) is 10.2 Å². The molecule has 0 fully saturated rings. The van der Waals surface area contributed by atoms with Gasteiger partial charge in [0.15, 0.2) is 10.2 Å². The molecule has 0 aliphatic carbocycles. The highest BCUT2D eigenvalue weighted by molar-refractivity contribution is 7.80. The van der Waals surface area contributed by atoms with Gasteiger partial charge >= 0.3 is 6.18 Å². The topological polar surface area (TPSA) is 76.1 Å². The molecule has 0 unspecified atom stereocenters. The maximum Gasteiger partial charge on any atom is 0.405 e. The number of nitrogens with one attached hydrogen (secondary N) is 4. The van der Waals surface area contributed by atoms with Crippen LogP contribution >= 0.6 is 24.4 Å². The number of alkyl halides is 3. The minimum atomic E-state index is -4.39. The molecule has 12 heteroatoms. The molecule has 1 aromatic carbocycles. The largest absolute Gasteiger partial charge is 0.405 e. The Labute approximate surface area is 178 Å². The van der Waals surface area contributed by atoms with Crippen LogP contribution in [0.15, 0.2) is 34.5 Å². The molecule has 1 rings (SSSR count). The van der Waals surface area contributed by atoms with Crippen LogP contribution in [0, 0.1) is 0 Å². The monoisotopic (exact) mass is 447 g/mol. The average Bonchev–Trinajstić information content (AvgIpc) is 2.65. The van der Waals surface area contributed by atoms with Gasteiger partial charge in [-0.25, -0.2) is 0 Å². The maximum absolute atomic E-state index is 12.3. The van der Waals surface area contributed by atoms with Crippen LogP contribution in [0.1, 0.15) is 19.4 Å². The molecule has 160 valence electrons. The first kappa shape index (κ1) is 24.6. The highest BCUT2D eigenvalue weighted by Gasteiger charge is 2.27. The van der Waals surface area contributed by atoms with Crippen LogP contribution in [-0.4, -0.2) is 55.0 Å². The summed E-state index contributed by atoms with van der Waals surface area (Å²) < 4.78 is 36.9. The molecule has 0 heterocycles. The Balaban J connectivity index is 3.05. The highest BCUT2D eigenvalue weighted by Crippen LogP contribution is 2.14. The minimum absolute atomic E-state index is 0.256. The van der Waals surface area contributed by atoms with E-state index in [0.717, 1.165) is 5.69 Å². The molecule has 7 nitrogen and oxygen atoms in total. The number of anilines is 1. The Morgan fingerprint density at radius 3 is 2.07 bits per heavy atom. The predicted molar refractivity (Wildman–Crippen MR) is 120 cm³/mol. The van der Waals surface area contributed by atoms with Crippen molar-refractivity contribution < 1.29 is 13.2 Å². The van der Waals surface area contributed by atoms with E-state index in [1.165, 1.54) is 0 Å². The Kier molecular flexibility index (Phi) is 9.75. The average molecular weight is 448 g/mol. The molecule has 0 atom stereocenters. The number of halogens is 3. The van der Waals surface area contributed by atoms with E-state index in [0.29, 0.717) is 28.6 Å². The second-order valence-corrected chi connectivity index (χ2v) is 6.80. The summed E-state index contributed by atoms with van der Waals surface area (Å²) >= 11 is 9.92. The minimum Gasteiger partial charge on any atom is -0.378 e. The normalized spacial score (nSPS) is 12.2. The second kappa shape index (κ2) is 11.5. The van der Waals surface area contributed by atoms with Crippen molar-refractivity contribution in [2.75, 3.05) is 32.1 Å². The Hall–Kier alpha value is -2.47. The fourth-order valence-corrected chi connectivity index (χ4v) is 2.29. The van der Waals surface area contributed by atoms with Crippen molar-refractivity contribution in [1.29, 1.82) is 0 Å². The second-order valence-electron chi connectivity index (χ2n) is 5.98. The van der Waals surface area contributed by atoms with Gasteiger partial charge in [0.1, 0.15) is 12.3 Å². The summed E-state index contributed by atoms with van der Waals surface area (Å²) in [6, 6.07) is 7.41. The molecule has 0 bridgehead atoms. The van der Waals surface area contributed by atoms with Crippen LogP contribution < -0.4 is 26.4 Å². The van der Waals surface area contributed by atoms with E-state index in [9.17, 15) is 13.2 Å². The number of hydrogen-bond acceptors (Lipinski definition) is 5. The van der Waals surface area contributed by atoms with E-state index >= 15 is 0 Å². The molecule has 4 N–H and O–H groups in total. The Bertz CT molecular complexity index is 759. The quantitative estimate of drug-likeness (QED) is 0.290. The first-order valence-corrected chi connectivity index (χ1v) is 9.39. The summed E-state index contributed by atoms with van der Waals surface area (Å²) in [5.41, 5.74) is 7.63. The molecule has 0 aliphatic heterocycles. The Morgan fingerprint density at radius 1 is 1.00 bits per heavy atom. The molecule has 0 spiro atoms. The van der Waals surface area contributed by atoms with Crippen LogP contribution in [0.25, 0.3) is 0 Å². The first-order chi connectivity index (χ1) is 13.5. The molecule has 0 amide bonds. The molecule has 0 saturated carbocycles. The summed E-state index contributed by atoms with van der Waals surface area (Å²) in [7, 11) is 3.82. The first-order valence-electron chi connectivity index (χ1n) is 8.58. The van der Waals surface area contributed by atoms with Gasteiger partial charge in [0.25, 0.3) is 0 Å². The summed E-state index contributed by atoms with van der Waals surface area (Å²) in [5.74, 6) is 0. The van der Waals surface area contributed by atoms with Gasteiger partial charge in [-0.05, 0) is 50.4 Å². The van der Waals surface area contributed by atoms with Crippen LogP contribution in [0.4, 0.5) is 18.9 Å². The summed E-state index contributed by atoms with van der Waals surface area (Å²) in [4.78, 5) is 1.94. The van der Waals surface area contributed by atoms with Crippen molar-refractivity contribution in [3.8, 4) is 0 Å². The van der Waals surface area contributed by atoms with Crippen LogP contribution in [0.5, 0.6) is 0 Å². The smallest absolute Gasteiger partial charge is 0.378 e. The van der Waals surface area contributed by atoms with Gasteiger partial charge in [-0.1, -0.05) is 12.1 Å². The third kappa shape index (κ3) is 9.52. The van der Waals surface area contributed by atoms with Crippen molar-refractivity contribution in [2.45, 2.75) is 20.0 Å². The van der Waals surface area contributed by atoms with Gasteiger partial charge in [-0.2, -0.15) is 23.4 Å². The third-order valence-electron chi connectivity index (χ3n) is 3.38. The predicted octanol–water partition coefficient (Wildman–Crippen LogP) is 2.34. The van der Waals surface area contributed by atoms with Crippen LogP contribution in [0.3, 0.4) is 0 Å². The molecular formula is C17H24F3N7S2. The molecule has 1 aromatic rings. The molecular weight excluding hydrogens is 423 g/mol. The summed E-state index contributed by atoms with van der Waals surface area (Å²) in [6.07, 6.45) is -4.39. The van der Waals surface area contributed by atoms with Crippen molar-refractivity contribution in [1.82, 2.24) is 21.5 Å². The lowest BCUT2D eigenvalue weighted by Crippen LogP contribution is -2.39. The van der Waals surface area contributed by atoms with Gasteiger partial charge in [-0.3, -0.25) is 10.9 Å². The zero-order valence-corrected chi connectivity index (χ0v) is 18.1. The van der Waals surface area contributed by atoms with Crippen LogP contribution in [0.2, 0.25) is 0 Å². The Morgan fingerprint density at radius 2 is 1.55 bits per heavy atom. The SMILES string of the molecule is CCNC(=S)NN=C(C)C(=NNC(=S)NCC(F)(F)F)c1ccc(N(C)C)cc1. The zero-order valence-electron chi connectivity index (χ0n) is 16.5. The van der Waals surface area contributed by atoms with Crippen molar-refractivity contribution in [3.63, 3.8) is 0 Å². The van der Waals surface area contributed by atoms with E-state index in [-0.39, 0.29) is 5.11 Å².